The summed E-state index contributed by atoms with van der Waals surface area (Å²) in [7, 11) is -3.82. The molecule has 0 bridgehead atoms. The largest absolute Gasteiger partial charge is 0.494 e. The van der Waals surface area contributed by atoms with Crippen molar-refractivity contribution in [1.29, 1.82) is 0 Å². The molecule has 0 radical (unpaired) electrons. The summed E-state index contributed by atoms with van der Waals surface area (Å²) in [4.78, 5) is 8.12. The summed E-state index contributed by atoms with van der Waals surface area (Å²) in [5.41, 5.74) is 0.138. The van der Waals surface area contributed by atoms with Crippen LogP contribution in [0.2, 0.25) is 0 Å². The van der Waals surface area contributed by atoms with Crippen LogP contribution in [0, 0.1) is 0 Å². The molecular formula is C16H21N3O5S. The van der Waals surface area contributed by atoms with Gasteiger partial charge in [0.2, 0.25) is 5.88 Å². The summed E-state index contributed by atoms with van der Waals surface area (Å²) in [6, 6.07) is 6.23. The van der Waals surface area contributed by atoms with Crippen molar-refractivity contribution in [3.8, 4) is 17.6 Å². The highest BCUT2D eigenvalue weighted by Crippen LogP contribution is 2.26. The van der Waals surface area contributed by atoms with Crippen molar-refractivity contribution in [2.24, 2.45) is 0 Å². The van der Waals surface area contributed by atoms with E-state index >= 15 is 0 Å². The molecule has 2 aromatic rings. The number of nitrogens with one attached hydrogen (secondary N) is 1. The topological polar surface area (TPSA) is 99.6 Å². The van der Waals surface area contributed by atoms with E-state index in [-0.39, 0.29) is 22.5 Å². The number of hydrogen-bond acceptors (Lipinski definition) is 7. The number of hydrogen-bond donors (Lipinski definition) is 1. The van der Waals surface area contributed by atoms with Crippen molar-refractivity contribution < 1.29 is 22.6 Å². The van der Waals surface area contributed by atoms with Gasteiger partial charge in [0.1, 0.15) is 11.4 Å². The Bertz CT molecular complexity index is 794. The molecule has 0 atom stereocenters. The van der Waals surface area contributed by atoms with E-state index in [0.29, 0.717) is 25.6 Å². The fraction of sp³-hybridized carbons (Fsp3) is 0.375. The van der Waals surface area contributed by atoms with E-state index in [0.717, 1.165) is 0 Å². The standard InChI is InChI=1S/C16H21N3O5S/c1-4-22-12-7-9-13(10-8-12)25(20,21)19-14-11-17-16(24-6-3)18-15(14)23-5-2/h7-11,19H,4-6H2,1-3H3. The summed E-state index contributed by atoms with van der Waals surface area (Å²) in [5, 5.41) is 0. The predicted molar refractivity (Wildman–Crippen MR) is 92.8 cm³/mol. The van der Waals surface area contributed by atoms with Crippen LogP contribution in [0.25, 0.3) is 0 Å². The van der Waals surface area contributed by atoms with Crippen LogP contribution in [-0.4, -0.2) is 38.2 Å². The number of rotatable bonds is 9. The molecular weight excluding hydrogens is 346 g/mol. The summed E-state index contributed by atoms with van der Waals surface area (Å²) >= 11 is 0. The zero-order valence-corrected chi connectivity index (χ0v) is 15.2. The highest BCUT2D eigenvalue weighted by Gasteiger charge is 2.19. The number of ether oxygens (including phenoxy) is 3. The van der Waals surface area contributed by atoms with Gasteiger partial charge in [0.05, 0.1) is 30.9 Å². The van der Waals surface area contributed by atoms with Gasteiger partial charge in [-0.1, -0.05) is 0 Å². The maximum atomic E-state index is 12.5. The Morgan fingerprint density at radius 1 is 0.960 bits per heavy atom. The minimum Gasteiger partial charge on any atom is -0.494 e. The van der Waals surface area contributed by atoms with E-state index < -0.39 is 10.0 Å². The molecule has 0 fully saturated rings. The molecule has 0 amide bonds. The van der Waals surface area contributed by atoms with Gasteiger partial charge in [-0.2, -0.15) is 4.98 Å². The Kier molecular flexibility index (Phi) is 6.40. The van der Waals surface area contributed by atoms with Crippen molar-refractivity contribution in [3.05, 3.63) is 30.5 Å². The Labute approximate surface area is 147 Å². The molecule has 1 N–H and O–H groups in total. The number of aromatic nitrogens is 2. The van der Waals surface area contributed by atoms with Crippen LogP contribution >= 0.6 is 0 Å². The van der Waals surface area contributed by atoms with Gasteiger partial charge < -0.3 is 14.2 Å². The van der Waals surface area contributed by atoms with Gasteiger partial charge >= 0.3 is 6.01 Å². The van der Waals surface area contributed by atoms with Gasteiger partial charge in [0.25, 0.3) is 10.0 Å². The zero-order chi connectivity index (χ0) is 18.3. The normalized spacial score (nSPS) is 11.0. The lowest BCUT2D eigenvalue weighted by Crippen LogP contribution is -2.15. The minimum absolute atomic E-state index is 0.0901. The lowest BCUT2D eigenvalue weighted by molar-refractivity contribution is 0.290. The summed E-state index contributed by atoms with van der Waals surface area (Å²) in [6.45, 7) is 6.64. The summed E-state index contributed by atoms with van der Waals surface area (Å²) in [5.74, 6) is 0.705. The maximum absolute atomic E-state index is 12.5. The fourth-order valence-corrected chi connectivity index (χ4v) is 2.99. The van der Waals surface area contributed by atoms with Crippen LogP contribution in [0.5, 0.6) is 17.6 Å². The monoisotopic (exact) mass is 367 g/mol. The molecule has 0 saturated carbocycles. The molecule has 0 aliphatic carbocycles. The van der Waals surface area contributed by atoms with Crippen LogP contribution in [0.3, 0.4) is 0 Å². The van der Waals surface area contributed by atoms with Crippen LogP contribution in [0.4, 0.5) is 5.69 Å². The molecule has 8 nitrogen and oxygen atoms in total. The van der Waals surface area contributed by atoms with Crippen LogP contribution in [-0.2, 0) is 10.0 Å². The molecule has 0 aliphatic rings. The second-order valence-corrected chi connectivity index (χ2v) is 6.43. The molecule has 1 aromatic heterocycles. The Balaban J connectivity index is 2.26. The molecule has 25 heavy (non-hydrogen) atoms. The second-order valence-electron chi connectivity index (χ2n) is 4.75. The SMILES string of the molecule is CCOc1ccc(S(=O)(=O)Nc2cnc(OCC)nc2OCC)cc1. The van der Waals surface area contributed by atoms with Crippen molar-refractivity contribution in [2.45, 2.75) is 25.7 Å². The van der Waals surface area contributed by atoms with E-state index in [2.05, 4.69) is 14.7 Å². The minimum atomic E-state index is -3.82. The Morgan fingerprint density at radius 2 is 1.60 bits per heavy atom. The molecule has 0 spiro atoms. The van der Waals surface area contributed by atoms with Gasteiger partial charge in [0.15, 0.2) is 0 Å². The Hall–Kier alpha value is -2.55. The highest BCUT2D eigenvalue weighted by atomic mass is 32.2. The fourth-order valence-electron chi connectivity index (χ4n) is 1.95. The first-order chi connectivity index (χ1) is 12.0. The molecule has 136 valence electrons. The molecule has 0 saturated heterocycles. The molecule has 1 heterocycles. The van der Waals surface area contributed by atoms with Crippen LogP contribution < -0.4 is 18.9 Å². The summed E-state index contributed by atoms with van der Waals surface area (Å²) < 4.78 is 43.4. The molecule has 9 heteroatoms. The van der Waals surface area contributed by atoms with Gasteiger partial charge in [-0.15, -0.1) is 0 Å². The number of sulfonamides is 1. The van der Waals surface area contributed by atoms with E-state index in [4.69, 9.17) is 14.2 Å². The average molecular weight is 367 g/mol. The van der Waals surface area contributed by atoms with Gasteiger partial charge in [0, 0.05) is 0 Å². The predicted octanol–water partition coefficient (Wildman–Crippen LogP) is 2.47. The lowest BCUT2D eigenvalue weighted by atomic mass is 10.3. The average Bonchev–Trinajstić information content (AvgIpc) is 2.58. The van der Waals surface area contributed by atoms with E-state index in [1.165, 1.54) is 18.3 Å². The summed E-state index contributed by atoms with van der Waals surface area (Å²) in [6.07, 6.45) is 1.31. The third-order valence-corrected chi connectivity index (χ3v) is 4.36. The first-order valence-electron chi connectivity index (χ1n) is 7.88. The molecule has 0 aliphatic heterocycles. The number of nitrogens with zero attached hydrogens (tertiary/aromatic N) is 2. The first kappa shape index (κ1) is 18.8. The van der Waals surface area contributed by atoms with Crippen molar-refractivity contribution >= 4 is 15.7 Å². The highest BCUT2D eigenvalue weighted by molar-refractivity contribution is 7.92. The van der Waals surface area contributed by atoms with Gasteiger partial charge in [-0.3, -0.25) is 4.72 Å². The van der Waals surface area contributed by atoms with Crippen molar-refractivity contribution in [2.75, 3.05) is 24.5 Å². The quantitative estimate of drug-likeness (QED) is 0.727. The van der Waals surface area contributed by atoms with E-state index in [1.54, 1.807) is 26.0 Å². The van der Waals surface area contributed by atoms with Gasteiger partial charge in [-0.25, -0.2) is 13.4 Å². The molecule has 0 unspecified atom stereocenters. The van der Waals surface area contributed by atoms with Crippen LogP contribution in [0.15, 0.2) is 35.4 Å². The molecule has 2 rings (SSSR count). The zero-order valence-electron chi connectivity index (χ0n) is 14.4. The van der Waals surface area contributed by atoms with Gasteiger partial charge in [-0.05, 0) is 45.0 Å². The third-order valence-electron chi connectivity index (χ3n) is 2.98. The Morgan fingerprint density at radius 3 is 2.20 bits per heavy atom. The second kappa shape index (κ2) is 8.52. The number of benzene rings is 1. The smallest absolute Gasteiger partial charge is 0.319 e. The number of anilines is 1. The third kappa shape index (κ3) is 4.96. The maximum Gasteiger partial charge on any atom is 0.319 e. The lowest BCUT2D eigenvalue weighted by Gasteiger charge is -2.13. The van der Waals surface area contributed by atoms with Crippen LogP contribution in [0.1, 0.15) is 20.8 Å². The van der Waals surface area contributed by atoms with Crippen molar-refractivity contribution in [3.63, 3.8) is 0 Å². The van der Waals surface area contributed by atoms with E-state index in [9.17, 15) is 8.42 Å². The first-order valence-corrected chi connectivity index (χ1v) is 9.36. The van der Waals surface area contributed by atoms with E-state index in [1.807, 2.05) is 6.92 Å². The molecule has 1 aromatic carbocycles. The van der Waals surface area contributed by atoms with Crippen molar-refractivity contribution in [1.82, 2.24) is 9.97 Å².